The number of benzene rings is 2. The Morgan fingerprint density at radius 3 is 2.44 bits per heavy atom. The van der Waals surface area contributed by atoms with Gasteiger partial charge in [0.1, 0.15) is 5.82 Å². The molecule has 1 amide bonds. The summed E-state index contributed by atoms with van der Waals surface area (Å²) in [5.41, 5.74) is 2.37. The molecular weight excluding hydrogens is 343 g/mol. The van der Waals surface area contributed by atoms with Crippen molar-refractivity contribution in [1.29, 1.82) is 0 Å². The molecule has 2 aromatic carbocycles. The maximum absolute atomic E-state index is 12.9. The Kier molecular flexibility index (Phi) is 4.90. The minimum atomic E-state index is -0.335. The Hall–Kier alpha value is -2.99. The van der Waals surface area contributed by atoms with Crippen LogP contribution >= 0.6 is 11.6 Å². The fourth-order valence-corrected chi connectivity index (χ4v) is 2.28. The van der Waals surface area contributed by atoms with Gasteiger partial charge in [-0.25, -0.2) is 14.4 Å². The standard InChI is InChI=1S/C18H14ClFN4O/c1-11-15(19)3-2-4-16(11)24-17(25)12-9-21-18(22-10-12)23-14-7-5-13(20)6-8-14/h2-10H,1H3,(H,24,25)(H,21,22,23). The van der Waals surface area contributed by atoms with Gasteiger partial charge in [0.2, 0.25) is 5.95 Å². The number of anilines is 3. The average Bonchev–Trinajstić information content (AvgIpc) is 2.61. The summed E-state index contributed by atoms with van der Waals surface area (Å²) in [6.45, 7) is 1.82. The van der Waals surface area contributed by atoms with Crippen molar-refractivity contribution < 1.29 is 9.18 Å². The predicted molar refractivity (Wildman–Crippen MR) is 95.9 cm³/mol. The van der Waals surface area contributed by atoms with E-state index in [0.29, 0.717) is 27.9 Å². The summed E-state index contributed by atoms with van der Waals surface area (Å²) in [6.07, 6.45) is 2.82. The van der Waals surface area contributed by atoms with Gasteiger partial charge in [0.05, 0.1) is 5.56 Å². The van der Waals surface area contributed by atoms with Crippen LogP contribution in [0, 0.1) is 12.7 Å². The molecule has 0 aliphatic heterocycles. The zero-order valence-electron chi connectivity index (χ0n) is 13.3. The molecule has 2 N–H and O–H groups in total. The van der Waals surface area contributed by atoms with E-state index < -0.39 is 0 Å². The molecular formula is C18H14ClFN4O. The van der Waals surface area contributed by atoms with Crippen molar-refractivity contribution in [2.45, 2.75) is 6.92 Å². The van der Waals surface area contributed by atoms with Crippen LogP contribution in [-0.2, 0) is 0 Å². The Bertz CT molecular complexity index is 898. The highest BCUT2D eigenvalue weighted by molar-refractivity contribution is 6.31. The molecule has 1 aromatic heterocycles. The number of hydrogen-bond donors (Lipinski definition) is 2. The number of carbonyl (C=O) groups is 1. The molecule has 0 unspecified atom stereocenters. The number of halogens is 2. The molecule has 0 aliphatic rings. The highest BCUT2D eigenvalue weighted by Gasteiger charge is 2.10. The lowest BCUT2D eigenvalue weighted by atomic mass is 10.2. The molecule has 1 heterocycles. The number of nitrogens with one attached hydrogen (secondary N) is 2. The average molecular weight is 357 g/mol. The first-order chi connectivity index (χ1) is 12.0. The van der Waals surface area contributed by atoms with Crippen molar-refractivity contribution in [2.24, 2.45) is 0 Å². The van der Waals surface area contributed by atoms with Gasteiger partial charge in [0.25, 0.3) is 5.91 Å². The van der Waals surface area contributed by atoms with Crippen molar-refractivity contribution in [3.05, 3.63) is 76.8 Å². The van der Waals surface area contributed by atoms with Crippen LogP contribution in [0.25, 0.3) is 0 Å². The summed E-state index contributed by atoms with van der Waals surface area (Å²) in [4.78, 5) is 20.5. The van der Waals surface area contributed by atoms with Crippen LogP contribution in [0.4, 0.5) is 21.7 Å². The van der Waals surface area contributed by atoms with Gasteiger partial charge in [-0.15, -0.1) is 0 Å². The first-order valence-electron chi connectivity index (χ1n) is 7.44. The number of nitrogens with zero attached hydrogens (tertiary/aromatic N) is 2. The quantitative estimate of drug-likeness (QED) is 0.718. The number of aromatic nitrogens is 2. The molecule has 0 bridgehead atoms. The Morgan fingerprint density at radius 2 is 1.76 bits per heavy atom. The monoisotopic (exact) mass is 356 g/mol. The molecule has 25 heavy (non-hydrogen) atoms. The summed E-state index contributed by atoms with van der Waals surface area (Å²) in [5.74, 6) is -0.351. The molecule has 3 rings (SSSR count). The summed E-state index contributed by atoms with van der Waals surface area (Å²) < 4.78 is 12.9. The molecule has 0 saturated heterocycles. The molecule has 126 valence electrons. The Labute approximate surface area is 148 Å². The van der Waals surface area contributed by atoms with Gasteiger partial charge in [-0.2, -0.15) is 0 Å². The second-order valence-electron chi connectivity index (χ2n) is 5.29. The zero-order chi connectivity index (χ0) is 17.8. The van der Waals surface area contributed by atoms with Gasteiger partial charge >= 0.3 is 0 Å². The summed E-state index contributed by atoms with van der Waals surface area (Å²) in [7, 11) is 0. The van der Waals surface area contributed by atoms with E-state index in [-0.39, 0.29) is 11.7 Å². The van der Waals surface area contributed by atoms with Gasteiger partial charge in [0, 0.05) is 28.8 Å². The second-order valence-corrected chi connectivity index (χ2v) is 5.70. The first kappa shape index (κ1) is 16.9. The number of rotatable bonds is 4. The molecule has 0 aliphatic carbocycles. The van der Waals surface area contributed by atoms with Crippen LogP contribution in [0.2, 0.25) is 5.02 Å². The maximum atomic E-state index is 12.9. The second kappa shape index (κ2) is 7.27. The lowest BCUT2D eigenvalue weighted by Gasteiger charge is -2.09. The summed E-state index contributed by atoms with van der Waals surface area (Å²) >= 11 is 6.04. The Morgan fingerprint density at radius 1 is 1.08 bits per heavy atom. The molecule has 7 heteroatoms. The third-order valence-corrected chi connectivity index (χ3v) is 3.94. The van der Waals surface area contributed by atoms with Gasteiger partial charge in [0.15, 0.2) is 0 Å². The van der Waals surface area contributed by atoms with Crippen molar-refractivity contribution >= 4 is 34.8 Å². The van der Waals surface area contributed by atoms with E-state index in [0.717, 1.165) is 5.56 Å². The summed E-state index contributed by atoms with van der Waals surface area (Å²) in [5, 5.41) is 6.28. The van der Waals surface area contributed by atoms with E-state index in [2.05, 4.69) is 20.6 Å². The van der Waals surface area contributed by atoms with E-state index in [1.807, 2.05) is 6.92 Å². The molecule has 0 radical (unpaired) electrons. The lowest BCUT2D eigenvalue weighted by Crippen LogP contribution is -2.14. The van der Waals surface area contributed by atoms with E-state index >= 15 is 0 Å². The normalized spacial score (nSPS) is 10.4. The topological polar surface area (TPSA) is 66.9 Å². The zero-order valence-corrected chi connectivity index (χ0v) is 14.0. The van der Waals surface area contributed by atoms with E-state index in [1.54, 1.807) is 30.3 Å². The van der Waals surface area contributed by atoms with Crippen LogP contribution in [0.1, 0.15) is 15.9 Å². The molecule has 0 spiro atoms. The Balaban J connectivity index is 1.70. The van der Waals surface area contributed by atoms with Crippen LogP contribution in [0.3, 0.4) is 0 Å². The summed E-state index contributed by atoms with van der Waals surface area (Å²) in [6, 6.07) is 11.1. The molecule has 0 fully saturated rings. The highest BCUT2D eigenvalue weighted by atomic mass is 35.5. The van der Waals surface area contributed by atoms with Crippen LogP contribution in [0.15, 0.2) is 54.9 Å². The first-order valence-corrected chi connectivity index (χ1v) is 7.82. The lowest BCUT2D eigenvalue weighted by molar-refractivity contribution is 0.102. The smallest absolute Gasteiger partial charge is 0.258 e. The SMILES string of the molecule is Cc1c(Cl)cccc1NC(=O)c1cnc(Nc2ccc(F)cc2)nc1. The van der Waals surface area contributed by atoms with E-state index in [9.17, 15) is 9.18 Å². The minimum Gasteiger partial charge on any atom is -0.324 e. The van der Waals surface area contributed by atoms with Crippen molar-refractivity contribution in [1.82, 2.24) is 9.97 Å². The van der Waals surface area contributed by atoms with Gasteiger partial charge in [-0.1, -0.05) is 17.7 Å². The van der Waals surface area contributed by atoms with Crippen molar-refractivity contribution in [2.75, 3.05) is 10.6 Å². The predicted octanol–water partition coefficient (Wildman–Crippen LogP) is 4.57. The van der Waals surface area contributed by atoms with E-state index in [1.165, 1.54) is 24.5 Å². The minimum absolute atomic E-state index is 0.307. The molecule has 0 atom stereocenters. The van der Waals surface area contributed by atoms with Crippen molar-refractivity contribution in [3.63, 3.8) is 0 Å². The third-order valence-electron chi connectivity index (χ3n) is 3.53. The van der Waals surface area contributed by atoms with Crippen LogP contribution in [0.5, 0.6) is 0 Å². The number of amides is 1. The maximum Gasteiger partial charge on any atom is 0.258 e. The largest absolute Gasteiger partial charge is 0.324 e. The van der Waals surface area contributed by atoms with Crippen molar-refractivity contribution in [3.8, 4) is 0 Å². The fourth-order valence-electron chi connectivity index (χ4n) is 2.11. The van der Waals surface area contributed by atoms with Gasteiger partial charge < -0.3 is 10.6 Å². The highest BCUT2D eigenvalue weighted by Crippen LogP contribution is 2.23. The van der Waals surface area contributed by atoms with Crippen LogP contribution in [-0.4, -0.2) is 15.9 Å². The molecule has 5 nitrogen and oxygen atoms in total. The van der Waals surface area contributed by atoms with E-state index in [4.69, 9.17) is 11.6 Å². The van der Waals surface area contributed by atoms with Gasteiger partial charge in [-0.3, -0.25) is 4.79 Å². The molecule has 3 aromatic rings. The fraction of sp³-hybridized carbons (Fsp3) is 0.0556. The number of carbonyl (C=O) groups excluding carboxylic acids is 1. The number of hydrogen-bond acceptors (Lipinski definition) is 4. The third kappa shape index (κ3) is 4.10. The van der Waals surface area contributed by atoms with Crippen LogP contribution < -0.4 is 10.6 Å². The van der Waals surface area contributed by atoms with Gasteiger partial charge in [-0.05, 0) is 48.9 Å². The molecule has 0 saturated carbocycles.